The van der Waals surface area contributed by atoms with Crippen LogP contribution in [0.25, 0.3) is 0 Å². The molecule has 0 saturated heterocycles. The highest BCUT2D eigenvalue weighted by atomic mass is 35.5. The fraction of sp³-hybridized carbons (Fsp3) is 0.250. The number of benzene rings is 2. The predicted molar refractivity (Wildman–Crippen MR) is 111 cm³/mol. The minimum atomic E-state index is -0.831. The first-order chi connectivity index (χ1) is 13.4. The van der Waals surface area contributed by atoms with E-state index < -0.39 is 11.8 Å². The molecule has 2 rings (SSSR count). The molecular formula is C20H21Cl2N3O3. The maximum absolute atomic E-state index is 11.7. The molecule has 0 saturated carbocycles. The summed E-state index contributed by atoms with van der Waals surface area (Å²) in [4.78, 5) is 23.3. The van der Waals surface area contributed by atoms with Crippen LogP contribution < -0.4 is 15.5 Å². The Labute approximate surface area is 173 Å². The number of nitrogens with zero attached hydrogens (tertiary/aromatic N) is 1. The second kappa shape index (κ2) is 10.7. The number of amides is 2. The number of hydrogen-bond donors (Lipinski definition) is 2. The normalized spacial score (nSPS) is 11.9. The number of hydrogen-bond acceptors (Lipinski definition) is 4. The lowest BCUT2D eigenvalue weighted by Gasteiger charge is -2.10. The predicted octanol–water partition coefficient (Wildman–Crippen LogP) is 3.94. The molecule has 1 atom stereocenters. The van der Waals surface area contributed by atoms with Gasteiger partial charge in [0.1, 0.15) is 12.4 Å². The maximum Gasteiger partial charge on any atom is 0.329 e. The molecule has 2 aromatic rings. The highest BCUT2D eigenvalue weighted by molar-refractivity contribution is 6.35. The van der Waals surface area contributed by atoms with Gasteiger partial charge in [-0.2, -0.15) is 5.10 Å². The molecule has 28 heavy (non-hydrogen) atoms. The van der Waals surface area contributed by atoms with E-state index in [-0.39, 0.29) is 12.6 Å². The van der Waals surface area contributed by atoms with E-state index in [2.05, 4.69) is 15.8 Å². The van der Waals surface area contributed by atoms with E-state index in [0.29, 0.717) is 21.4 Å². The summed E-state index contributed by atoms with van der Waals surface area (Å²) in [7, 11) is 0. The van der Waals surface area contributed by atoms with Crippen molar-refractivity contribution in [1.82, 2.24) is 10.7 Å². The van der Waals surface area contributed by atoms with Gasteiger partial charge >= 0.3 is 11.8 Å². The molecule has 8 heteroatoms. The van der Waals surface area contributed by atoms with Crippen molar-refractivity contribution >= 4 is 41.2 Å². The maximum atomic E-state index is 11.7. The largest absolute Gasteiger partial charge is 0.487 e. The van der Waals surface area contributed by atoms with Gasteiger partial charge < -0.3 is 10.1 Å². The van der Waals surface area contributed by atoms with E-state index in [1.54, 1.807) is 24.3 Å². The monoisotopic (exact) mass is 421 g/mol. The topological polar surface area (TPSA) is 79.8 Å². The number of nitrogens with one attached hydrogen (secondary N) is 2. The van der Waals surface area contributed by atoms with Gasteiger partial charge in [-0.15, -0.1) is 0 Å². The van der Waals surface area contributed by atoms with Crippen LogP contribution in [0.15, 0.2) is 47.6 Å². The molecule has 0 fully saturated rings. The van der Waals surface area contributed by atoms with E-state index in [4.69, 9.17) is 27.9 Å². The Kier molecular flexibility index (Phi) is 8.29. The van der Waals surface area contributed by atoms with Crippen LogP contribution in [0.1, 0.15) is 31.4 Å². The molecule has 0 spiro atoms. The van der Waals surface area contributed by atoms with Crippen molar-refractivity contribution in [3.05, 3.63) is 63.6 Å². The fourth-order valence-electron chi connectivity index (χ4n) is 2.09. The first-order valence-corrected chi connectivity index (χ1v) is 9.46. The highest BCUT2D eigenvalue weighted by Crippen LogP contribution is 2.26. The van der Waals surface area contributed by atoms with E-state index in [9.17, 15) is 9.59 Å². The lowest BCUT2D eigenvalue weighted by atomic mass is 10.2. The number of ether oxygens (including phenoxy) is 1. The van der Waals surface area contributed by atoms with Crippen molar-refractivity contribution < 1.29 is 14.3 Å². The minimum absolute atomic E-state index is 0.0839. The summed E-state index contributed by atoms with van der Waals surface area (Å²) in [5, 5.41) is 7.33. The Balaban J connectivity index is 1.91. The molecule has 0 unspecified atom stereocenters. The highest BCUT2D eigenvalue weighted by Gasteiger charge is 2.14. The molecule has 0 aliphatic heterocycles. The Bertz CT molecular complexity index is 872. The first kappa shape index (κ1) is 21.7. The van der Waals surface area contributed by atoms with Crippen molar-refractivity contribution in [2.45, 2.75) is 32.9 Å². The second-order valence-electron chi connectivity index (χ2n) is 6.05. The Morgan fingerprint density at radius 3 is 2.57 bits per heavy atom. The average Bonchev–Trinajstić information content (AvgIpc) is 2.68. The van der Waals surface area contributed by atoms with E-state index >= 15 is 0 Å². The van der Waals surface area contributed by atoms with Gasteiger partial charge in [-0.3, -0.25) is 9.59 Å². The van der Waals surface area contributed by atoms with Gasteiger partial charge in [0.15, 0.2) is 0 Å². The van der Waals surface area contributed by atoms with Gasteiger partial charge in [0, 0.05) is 16.6 Å². The third kappa shape index (κ3) is 6.55. The van der Waals surface area contributed by atoms with Gasteiger partial charge in [0.05, 0.1) is 11.2 Å². The minimum Gasteiger partial charge on any atom is -0.487 e. The third-order valence-electron chi connectivity index (χ3n) is 3.87. The molecule has 0 bridgehead atoms. The zero-order chi connectivity index (χ0) is 20.5. The molecule has 6 nitrogen and oxygen atoms in total. The summed E-state index contributed by atoms with van der Waals surface area (Å²) in [6, 6.07) is 12.4. The average molecular weight is 422 g/mol. The summed E-state index contributed by atoms with van der Waals surface area (Å²) >= 11 is 12.3. The fourth-order valence-corrected chi connectivity index (χ4v) is 2.53. The number of carbonyl (C=O) groups excluding carboxylic acids is 2. The van der Waals surface area contributed by atoms with Crippen LogP contribution in [0.5, 0.6) is 5.75 Å². The van der Waals surface area contributed by atoms with Crippen molar-refractivity contribution in [3.8, 4) is 5.75 Å². The summed E-state index contributed by atoms with van der Waals surface area (Å²) < 4.78 is 5.70. The van der Waals surface area contributed by atoms with Crippen LogP contribution in [0.2, 0.25) is 10.0 Å². The van der Waals surface area contributed by atoms with E-state index in [0.717, 1.165) is 12.0 Å². The van der Waals surface area contributed by atoms with Crippen LogP contribution in [0, 0.1) is 0 Å². The Hall–Kier alpha value is -2.57. The Morgan fingerprint density at radius 2 is 1.89 bits per heavy atom. The SMILES string of the molecule is CC[C@H](C)NC(=O)C(=O)N/N=C\c1ccc(OCc2ccccc2Cl)c(Cl)c1. The molecule has 2 N–H and O–H groups in total. The van der Waals surface area contributed by atoms with Crippen LogP contribution in [0.3, 0.4) is 0 Å². The van der Waals surface area contributed by atoms with Crippen LogP contribution in [-0.4, -0.2) is 24.1 Å². The van der Waals surface area contributed by atoms with Crippen molar-refractivity contribution in [1.29, 1.82) is 0 Å². The van der Waals surface area contributed by atoms with Gasteiger partial charge in [-0.25, -0.2) is 5.43 Å². The molecule has 0 radical (unpaired) electrons. The quantitative estimate of drug-likeness (QED) is 0.403. The molecule has 2 aromatic carbocycles. The van der Waals surface area contributed by atoms with Gasteiger partial charge in [0.25, 0.3) is 0 Å². The Morgan fingerprint density at radius 1 is 1.14 bits per heavy atom. The van der Waals surface area contributed by atoms with Gasteiger partial charge in [-0.05, 0) is 43.2 Å². The molecular weight excluding hydrogens is 401 g/mol. The van der Waals surface area contributed by atoms with Crippen LogP contribution in [-0.2, 0) is 16.2 Å². The standard InChI is InChI=1S/C20H21Cl2N3O3/c1-3-13(2)24-19(26)20(27)25-23-11-14-8-9-18(17(22)10-14)28-12-15-6-4-5-7-16(15)21/h4-11,13H,3,12H2,1-2H3,(H,24,26)(H,25,27)/b23-11-/t13-/m0/s1. The van der Waals surface area contributed by atoms with Crippen molar-refractivity contribution in [2.24, 2.45) is 5.10 Å². The van der Waals surface area contributed by atoms with E-state index in [1.165, 1.54) is 6.21 Å². The molecule has 2 amide bonds. The molecule has 0 aliphatic carbocycles. The molecule has 0 aliphatic rings. The van der Waals surface area contributed by atoms with Crippen LogP contribution in [0.4, 0.5) is 0 Å². The van der Waals surface area contributed by atoms with Crippen molar-refractivity contribution in [2.75, 3.05) is 0 Å². The molecule has 0 aromatic heterocycles. The summed E-state index contributed by atoms with van der Waals surface area (Å²) in [5.74, 6) is -1.06. The number of carbonyl (C=O) groups is 2. The zero-order valence-electron chi connectivity index (χ0n) is 15.5. The zero-order valence-corrected chi connectivity index (χ0v) is 17.1. The smallest absolute Gasteiger partial charge is 0.329 e. The van der Waals surface area contributed by atoms with Crippen LogP contribution >= 0.6 is 23.2 Å². The van der Waals surface area contributed by atoms with Gasteiger partial charge in [-0.1, -0.05) is 48.3 Å². The summed E-state index contributed by atoms with van der Waals surface area (Å²) in [6.45, 7) is 4.01. The number of hydrazone groups is 1. The van der Waals surface area contributed by atoms with Crippen molar-refractivity contribution in [3.63, 3.8) is 0 Å². The lowest BCUT2D eigenvalue weighted by molar-refractivity contribution is -0.139. The lowest BCUT2D eigenvalue weighted by Crippen LogP contribution is -2.41. The molecule has 0 heterocycles. The first-order valence-electron chi connectivity index (χ1n) is 8.70. The summed E-state index contributed by atoms with van der Waals surface area (Å²) in [5.41, 5.74) is 3.66. The third-order valence-corrected chi connectivity index (χ3v) is 4.54. The number of rotatable bonds is 7. The summed E-state index contributed by atoms with van der Waals surface area (Å²) in [6.07, 6.45) is 2.11. The number of halogens is 2. The van der Waals surface area contributed by atoms with Gasteiger partial charge in [0.2, 0.25) is 0 Å². The molecule has 148 valence electrons. The van der Waals surface area contributed by atoms with E-state index in [1.807, 2.05) is 32.0 Å². The second-order valence-corrected chi connectivity index (χ2v) is 6.87.